The van der Waals surface area contributed by atoms with Gasteiger partial charge < -0.3 is 10.1 Å². The van der Waals surface area contributed by atoms with E-state index in [2.05, 4.69) is 37.4 Å². The number of hydrogen-bond acceptors (Lipinski definition) is 2. The van der Waals surface area contributed by atoms with Gasteiger partial charge in [0.05, 0.1) is 6.61 Å². The van der Waals surface area contributed by atoms with Crippen molar-refractivity contribution in [2.24, 2.45) is 0 Å². The van der Waals surface area contributed by atoms with E-state index in [9.17, 15) is 0 Å². The van der Waals surface area contributed by atoms with Gasteiger partial charge in [0.2, 0.25) is 0 Å². The van der Waals surface area contributed by atoms with E-state index in [1.807, 2.05) is 13.0 Å². The predicted molar refractivity (Wildman–Crippen MR) is 76.3 cm³/mol. The van der Waals surface area contributed by atoms with Gasteiger partial charge in [0.25, 0.3) is 0 Å². The Labute approximate surface area is 111 Å². The van der Waals surface area contributed by atoms with Gasteiger partial charge in [0, 0.05) is 6.04 Å². The molecule has 0 radical (unpaired) electrons. The van der Waals surface area contributed by atoms with E-state index < -0.39 is 0 Å². The van der Waals surface area contributed by atoms with E-state index in [0.29, 0.717) is 0 Å². The number of para-hydroxylation sites is 1. The Kier molecular flexibility index (Phi) is 4.28. The van der Waals surface area contributed by atoms with Gasteiger partial charge >= 0.3 is 0 Å². The van der Waals surface area contributed by atoms with Crippen molar-refractivity contribution in [2.45, 2.75) is 51.5 Å². The highest BCUT2D eigenvalue weighted by atomic mass is 16.5. The number of rotatable bonds is 7. The first-order valence-electron chi connectivity index (χ1n) is 7.09. The van der Waals surface area contributed by atoms with Crippen molar-refractivity contribution in [3.05, 3.63) is 29.8 Å². The summed E-state index contributed by atoms with van der Waals surface area (Å²) >= 11 is 0. The fourth-order valence-electron chi connectivity index (χ4n) is 2.32. The van der Waals surface area contributed by atoms with Crippen molar-refractivity contribution in [1.82, 2.24) is 5.32 Å². The zero-order chi connectivity index (χ0) is 13.0. The molecule has 0 heterocycles. The molecular formula is C16H25NO. The summed E-state index contributed by atoms with van der Waals surface area (Å²) in [7, 11) is 0. The molecule has 100 valence electrons. The lowest BCUT2D eigenvalue weighted by molar-refractivity contribution is 0.324. The van der Waals surface area contributed by atoms with Crippen LogP contribution < -0.4 is 10.1 Å². The van der Waals surface area contributed by atoms with Crippen molar-refractivity contribution in [3.8, 4) is 5.75 Å². The molecule has 1 aliphatic rings. The number of nitrogens with one attached hydrogen (secondary N) is 1. The van der Waals surface area contributed by atoms with Crippen LogP contribution in [0.15, 0.2) is 24.3 Å². The van der Waals surface area contributed by atoms with Gasteiger partial charge in [-0.15, -0.1) is 0 Å². The van der Waals surface area contributed by atoms with Crippen molar-refractivity contribution in [1.29, 1.82) is 0 Å². The average Bonchev–Trinajstić information content (AvgIpc) is 3.14. The molecule has 0 bridgehead atoms. The van der Waals surface area contributed by atoms with Gasteiger partial charge in [-0.25, -0.2) is 0 Å². The molecule has 2 heteroatoms. The molecule has 0 spiro atoms. The van der Waals surface area contributed by atoms with Crippen LogP contribution in [0.4, 0.5) is 0 Å². The largest absolute Gasteiger partial charge is 0.494 e. The minimum atomic E-state index is 0.160. The second-order valence-electron chi connectivity index (χ2n) is 5.79. The first-order valence-corrected chi connectivity index (χ1v) is 7.09. The first kappa shape index (κ1) is 13.4. The molecule has 0 saturated heterocycles. The second kappa shape index (κ2) is 5.75. The number of ether oxygens (including phenoxy) is 1. The minimum Gasteiger partial charge on any atom is -0.494 e. The van der Waals surface area contributed by atoms with Crippen LogP contribution in [0.25, 0.3) is 0 Å². The van der Waals surface area contributed by atoms with Gasteiger partial charge in [-0.05, 0) is 49.8 Å². The molecular weight excluding hydrogens is 222 g/mol. The van der Waals surface area contributed by atoms with Gasteiger partial charge in [0.1, 0.15) is 5.75 Å². The molecule has 0 amide bonds. The summed E-state index contributed by atoms with van der Waals surface area (Å²) in [5, 5.41) is 3.59. The monoisotopic (exact) mass is 247 g/mol. The lowest BCUT2D eigenvalue weighted by Gasteiger charge is -2.27. The highest BCUT2D eigenvalue weighted by Gasteiger charge is 2.26. The summed E-state index contributed by atoms with van der Waals surface area (Å²) in [4.78, 5) is 0. The summed E-state index contributed by atoms with van der Waals surface area (Å²) in [6.45, 7) is 8.48. The molecule has 2 nitrogen and oxygen atoms in total. The van der Waals surface area contributed by atoms with Crippen LogP contribution in [0.1, 0.15) is 45.6 Å². The molecule has 1 N–H and O–H groups in total. The normalized spacial score (nSPS) is 15.7. The predicted octanol–water partition coefficient (Wildman–Crippen LogP) is 3.51. The molecule has 18 heavy (non-hydrogen) atoms. The Morgan fingerprint density at radius 2 is 2.00 bits per heavy atom. The smallest absolute Gasteiger partial charge is 0.123 e. The molecule has 0 atom stereocenters. The first-order chi connectivity index (χ1) is 8.63. The Morgan fingerprint density at radius 3 is 2.67 bits per heavy atom. The maximum atomic E-state index is 5.74. The van der Waals surface area contributed by atoms with Gasteiger partial charge in [-0.3, -0.25) is 0 Å². The third-order valence-electron chi connectivity index (χ3n) is 3.68. The van der Waals surface area contributed by atoms with Crippen LogP contribution in [0, 0.1) is 0 Å². The summed E-state index contributed by atoms with van der Waals surface area (Å²) in [5.41, 5.74) is 1.48. The van der Waals surface area contributed by atoms with Crippen LogP contribution in [0.2, 0.25) is 0 Å². The third kappa shape index (κ3) is 3.49. The number of benzene rings is 1. The molecule has 1 saturated carbocycles. The maximum Gasteiger partial charge on any atom is 0.123 e. The highest BCUT2D eigenvalue weighted by Crippen LogP contribution is 2.34. The van der Waals surface area contributed by atoms with Crippen molar-refractivity contribution in [2.75, 3.05) is 13.2 Å². The fraction of sp³-hybridized carbons (Fsp3) is 0.625. The molecule has 0 aromatic heterocycles. The van der Waals surface area contributed by atoms with E-state index in [-0.39, 0.29) is 5.41 Å². The molecule has 1 aromatic rings. The number of hydrogen-bond donors (Lipinski definition) is 1. The Morgan fingerprint density at radius 1 is 1.28 bits per heavy atom. The SMILES string of the molecule is CCOc1ccccc1C(C)(C)CCNC1CC1. The highest BCUT2D eigenvalue weighted by molar-refractivity contribution is 5.38. The van der Waals surface area contributed by atoms with E-state index in [1.165, 1.54) is 18.4 Å². The fourth-order valence-corrected chi connectivity index (χ4v) is 2.32. The molecule has 1 aliphatic carbocycles. The molecule has 0 aliphatic heterocycles. The molecule has 2 rings (SSSR count). The Hall–Kier alpha value is -1.02. The van der Waals surface area contributed by atoms with Crippen LogP contribution in [0.5, 0.6) is 5.75 Å². The van der Waals surface area contributed by atoms with E-state index in [0.717, 1.165) is 31.4 Å². The molecule has 1 fully saturated rings. The van der Waals surface area contributed by atoms with Gasteiger partial charge in [-0.1, -0.05) is 32.0 Å². The van der Waals surface area contributed by atoms with Crippen molar-refractivity contribution in [3.63, 3.8) is 0 Å². The van der Waals surface area contributed by atoms with Crippen molar-refractivity contribution >= 4 is 0 Å². The van der Waals surface area contributed by atoms with E-state index >= 15 is 0 Å². The maximum absolute atomic E-state index is 5.74. The van der Waals surface area contributed by atoms with Crippen LogP contribution in [-0.4, -0.2) is 19.2 Å². The summed E-state index contributed by atoms with van der Waals surface area (Å²) < 4.78 is 5.74. The second-order valence-corrected chi connectivity index (χ2v) is 5.79. The lowest BCUT2D eigenvalue weighted by atomic mass is 9.81. The summed E-state index contributed by atoms with van der Waals surface area (Å²) in [6.07, 6.45) is 3.86. The minimum absolute atomic E-state index is 0.160. The summed E-state index contributed by atoms with van der Waals surface area (Å²) in [6, 6.07) is 9.22. The van der Waals surface area contributed by atoms with E-state index in [4.69, 9.17) is 4.74 Å². The van der Waals surface area contributed by atoms with Gasteiger partial charge in [-0.2, -0.15) is 0 Å². The van der Waals surface area contributed by atoms with E-state index in [1.54, 1.807) is 0 Å². The topological polar surface area (TPSA) is 21.3 Å². The van der Waals surface area contributed by atoms with Gasteiger partial charge in [0.15, 0.2) is 0 Å². The quantitative estimate of drug-likeness (QED) is 0.796. The van der Waals surface area contributed by atoms with Crippen LogP contribution >= 0.6 is 0 Å². The average molecular weight is 247 g/mol. The lowest BCUT2D eigenvalue weighted by Crippen LogP contribution is -2.27. The third-order valence-corrected chi connectivity index (χ3v) is 3.68. The van der Waals surface area contributed by atoms with Crippen molar-refractivity contribution < 1.29 is 4.74 Å². The van der Waals surface area contributed by atoms with Crippen LogP contribution in [0.3, 0.4) is 0 Å². The molecule has 1 aromatic carbocycles. The zero-order valence-corrected chi connectivity index (χ0v) is 11.8. The zero-order valence-electron chi connectivity index (χ0n) is 11.8. The Bertz CT molecular complexity index is 382. The standard InChI is InChI=1S/C16H25NO/c1-4-18-15-8-6-5-7-14(15)16(2,3)11-12-17-13-9-10-13/h5-8,13,17H,4,9-12H2,1-3H3. The molecule has 0 unspecified atom stereocenters. The summed E-state index contributed by atoms with van der Waals surface area (Å²) in [5.74, 6) is 1.04. The Balaban J connectivity index is 2.01. The van der Waals surface area contributed by atoms with Crippen LogP contribution in [-0.2, 0) is 5.41 Å².